The first kappa shape index (κ1) is 20.6. The quantitative estimate of drug-likeness (QED) is 0.368. The van der Waals surface area contributed by atoms with Crippen molar-refractivity contribution in [2.75, 3.05) is 12.0 Å². The van der Waals surface area contributed by atoms with E-state index in [1.807, 2.05) is 0 Å². The van der Waals surface area contributed by atoms with Gasteiger partial charge < -0.3 is 9.84 Å². The maximum Gasteiger partial charge on any atom is 0.301 e. The maximum absolute atomic E-state index is 14.8. The molecule has 4 rings (SSSR count). The number of nitrogens with zero attached hydrogens (tertiary/aromatic N) is 2. The minimum Gasteiger partial charge on any atom is -0.507 e. The molecule has 0 spiro atoms. The Bertz CT molecular complexity index is 1210. The van der Waals surface area contributed by atoms with Crippen LogP contribution >= 0.6 is 11.6 Å². The average Bonchev–Trinajstić information content (AvgIpc) is 3.04. The lowest BCUT2D eigenvalue weighted by atomic mass is 9.95. The molecule has 1 aromatic heterocycles. The van der Waals surface area contributed by atoms with Gasteiger partial charge in [-0.05, 0) is 36.4 Å². The largest absolute Gasteiger partial charge is 0.507 e. The number of aromatic nitrogens is 1. The van der Waals surface area contributed by atoms with Gasteiger partial charge in [-0.1, -0.05) is 35.9 Å². The van der Waals surface area contributed by atoms with Crippen LogP contribution in [-0.2, 0) is 9.59 Å². The molecule has 1 aliphatic heterocycles. The van der Waals surface area contributed by atoms with Gasteiger partial charge in [0.2, 0.25) is 0 Å². The lowest BCUT2D eigenvalue weighted by Crippen LogP contribution is -2.30. The summed E-state index contributed by atoms with van der Waals surface area (Å²) in [6.07, 6.45) is 1.45. The average molecular weight is 439 g/mol. The van der Waals surface area contributed by atoms with E-state index in [2.05, 4.69) is 4.98 Å². The van der Waals surface area contributed by atoms with Crippen LogP contribution in [0, 0.1) is 5.82 Å². The fraction of sp³-hybridized carbons (Fsp3) is 0.0870. The van der Waals surface area contributed by atoms with E-state index >= 15 is 0 Å². The number of ketones is 1. The highest BCUT2D eigenvalue weighted by Gasteiger charge is 2.48. The van der Waals surface area contributed by atoms with Gasteiger partial charge in [0.05, 0.1) is 23.7 Å². The number of ether oxygens (including phenoxy) is 1. The number of anilines is 1. The van der Waals surface area contributed by atoms with E-state index in [1.165, 1.54) is 55.8 Å². The number of hydrogen-bond acceptors (Lipinski definition) is 5. The van der Waals surface area contributed by atoms with E-state index in [9.17, 15) is 19.1 Å². The van der Waals surface area contributed by atoms with E-state index < -0.39 is 29.3 Å². The van der Waals surface area contributed by atoms with Crippen molar-refractivity contribution in [3.63, 3.8) is 0 Å². The molecule has 0 unspecified atom stereocenters. The molecule has 6 nitrogen and oxygen atoms in total. The topological polar surface area (TPSA) is 79.7 Å². The first-order chi connectivity index (χ1) is 14.9. The van der Waals surface area contributed by atoms with E-state index in [-0.39, 0.29) is 27.5 Å². The van der Waals surface area contributed by atoms with Crippen LogP contribution in [0.15, 0.2) is 72.4 Å². The van der Waals surface area contributed by atoms with Crippen LogP contribution < -0.4 is 9.64 Å². The molecule has 31 heavy (non-hydrogen) atoms. The van der Waals surface area contributed by atoms with Crippen LogP contribution in [0.3, 0.4) is 0 Å². The minimum absolute atomic E-state index is 0.0495. The lowest BCUT2D eigenvalue weighted by molar-refractivity contribution is -0.132. The van der Waals surface area contributed by atoms with Crippen molar-refractivity contribution in [3.8, 4) is 5.75 Å². The van der Waals surface area contributed by atoms with E-state index in [4.69, 9.17) is 16.3 Å². The summed E-state index contributed by atoms with van der Waals surface area (Å²) in [5, 5.41) is 11.2. The standard InChI is InChI=1S/C23H16ClFN2O4/c1-31-17-10-9-13(12-15(17)24)21(28)19-20(14-6-2-3-7-16(14)25)27(23(30)22(19)29)18-8-4-5-11-26-18/h2-12,20,28H,1H3/t20-/m0/s1. The summed E-state index contributed by atoms with van der Waals surface area (Å²) in [6, 6.07) is 13.8. The number of methoxy groups -OCH3 is 1. The fourth-order valence-electron chi connectivity index (χ4n) is 3.53. The smallest absolute Gasteiger partial charge is 0.301 e. The third kappa shape index (κ3) is 3.53. The van der Waals surface area contributed by atoms with Crippen molar-refractivity contribution < 1.29 is 23.8 Å². The van der Waals surface area contributed by atoms with Crippen molar-refractivity contribution in [2.45, 2.75) is 6.04 Å². The zero-order chi connectivity index (χ0) is 22.1. The van der Waals surface area contributed by atoms with Gasteiger partial charge in [-0.3, -0.25) is 14.5 Å². The molecule has 0 aliphatic carbocycles. The number of halogens is 2. The van der Waals surface area contributed by atoms with Crippen molar-refractivity contribution in [3.05, 3.63) is 94.4 Å². The van der Waals surface area contributed by atoms with Crippen LogP contribution in [-0.4, -0.2) is 28.9 Å². The molecule has 156 valence electrons. The van der Waals surface area contributed by atoms with E-state index in [1.54, 1.807) is 18.2 Å². The Morgan fingerprint density at radius 3 is 2.52 bits per heavy atom. The Balaban J connectivity index is 1.96. The molecule has 1 saturated heterocycles. The monoisotopic (exact) mass is 438 g/mol. The molecule has 2 heterocycles. The fourth-order valence-corrected chi connectivity index (χ4v) is 3.78. The molecule has 0 saturated carbocycles. The van der Waals surface area contributed by atoms with Gasteiger partial charge >= 0.3 is 5.91 Å². The molecule has 8 heteroatoms. The van der Waals surface area contributed by atoms with Gasteiger partial charge in [0.1, 0.15) is 23.1 Å². The Kier molecular flexibility index (Phi) is 5.44. The molecule has 0 bridgehead atoms. The molecular weight excluding hydrogens is 423 g/mol. The third-order valence-corrected chi connectivity index (χ3v) is 5.26. The van der Waals surface area contributed by atoms with Gasteiger partial charge in [0.25, 0.3) is 5.78 Å². The highest BCUT2D eigenvalue weighted by atomic mass is 35.5. The second kappa shape index (κ2) is 8.20. The van der Waals surface area contributed by atoms with Crippen molar-refractivity contribution in [1.29, 1.82) is 0 Å². The van der Waals surface area contributed by atoms with Gasteiger partial charge in [-0.25, -0.2) is 9.37 Å². The van der Waals surface area contributed by atoms with E-state index in [0.29, 0.717) is 5.75 Å². The normalized spacial score (nSPS) is 17.8. The predicted molar refractivity (Wildman–Crippen MR) is 113 cm³/mol. The van der Waals surface area contributed by atoms with Crippen molar-refractivity contribution in [2.24, 2.45) is 0 Å². The number of carbonyl (C=O) groups is 2. The summed E-state index contributed by atoms with van der Waals surface area (Å²) < 4.78 is 19.9. The minimum atomic E-state index is -1.21. The number of pyridine rings is 1. The molecule has 2 aromatic carbocycles. The summed E-state index contributed by atoms with van der Waals surface area (Å²) in [6.45, 7) is 0. The Labute approximate surface area is 182 Å². The number of aliphatic hydroxyl groups excluding tert-OH is 1. The number of rotatable bonds is 4. The Morgan fingerprint density at radius 2 is 1.87 bits per heavy atom. The van der Waals surface area contributed by atoms with Crippen molar-refractivity contribution in [1.82, 2.24) is 4.98 Å². The molecule has 1 N–H and O–H groups in total. The molecule has 1 amide bonds. The maximum atomic E-state index is 14.8. The number of carbonyl (C=O) groups excluding carboxylic acids is 2. The number of benzene rings is 2. The molecule has 1 fully saturated rings. The van der Waals surface area contributed by atoms with Crippen LogP contribution in [0.4, 0.5) is 10.2 Å². The molecule has 3 aromatic rings. The van der Waals surface area contributed by atoms with Gasteiger partial charge in [-0.2, -0.15) is 0 Å². The van der Waals surface area contributed by atoms with Crippen LogP contribution in [0.5, 0.6) is 5.75 Å². The summed E-state index contributed by atoms with van der Waals surface area (Å²) in [5.74, 6) is -2.46. The van der Waals surface area contributed by atoms with Crippen LogP contribution in [0.25, 0.3) is 5.76 Å². The first-order valence-corrected chi connectivity index (χ1v) is 9.62. The number of Topliss-reactive ketones (excluding diaryl/α,β-unsaturated/α-hetero) is 1. The van der Waals surface area contributed by atoms with Gasteiger partial charge in [0.15, 0.2) is 0 Å². The lowest BCUT2D eigenvalue weighted by Gasteiger charge is -2.24. The highest BCUT2D eigenvalue weighted by Crippen LogP contribution is 2.42. The molecule has 1 atom stereocenters. The second-order valence-corrected chi connectivity index (χ2v) is 7.14. The molecule has 0 radical (unpaired) electrons. The highest BCUT2D eigenvalue weighted by molar-refractivity contribution is 6.51. The SMILES string of the molecule is COc1ccc(C(O)=C2C(=O)C(=O)N(c3ccccn3)[C@H]2c2ccccc2F)cc1Cl. The summed E-state index contributed by atoms with van der Waals surface area (Å²) in [4.78, 5) is 31.2. The molecule has 1 aliphatic rings. The first-order valence-electron chi connectivity index (χ1n) is 9.24. The summed E-state index contributed by atoms with van der Waals surface area (Å²) >= 11 is 6.16. The molecular formula is C23H16ClFN2O4. The number of hydrogen-bond donors (Lipinski definition) is 1. The van der Waals surface area contributed by atoms with Crippen molar-refractivity contribution >= 4 is 34.9 Å². The summed E-state index contributed by atoms with van der Waals surface area (Å²) in [7, 11) is 1.44. The zero-order valence-electron chi connectivity index (χ0n) is 16.3. The number of amides is 1. The summed E-state index contributed by atoms with van der Waals surface area (Å²) in [5.41, 5.74) is -0.0262. The van der Waals surface area contributed by atoms with Crippen LogP contribution in [0.2, 0.25) is 5.02 Å². The van der Waals surface area contributed by atoms with Crippen LogP contribution in [0.1, 0.15) is 17.2 Å². The van der Waals surface area contributed by atoms with E-state index in [0.717, 1.165) is 4.90 Å². The second-order valence-electron chi connectivity index (χ2n) is 6.73. The third-order valence-electron chi connectivity index (χ3n) is 4.97. The van der Waals surface area contributed by atoms with Gasteiger partial charge in [0, 0.05) is 17.3 Å². The number of aliphatic hydroxyl groups is 1. The Morgan fingerprint density at radius 1 is 1.13 bits per heavy atom. The Hall–Kier alpha value is -3.71. The predicted octanol–water partition coefficient (Wildman–Crippen LogP) is 4.51. The van der Waals surface area contributed by atoms with Gasteiger partial charge in [-0.15, -0.1) is 0 Å². The zero-order valence-corrected chi connectivity index (χ0v) is 17.0.